The van der Waals surface area contributed by atoms with E-state index in [0.717, 1.165) is 4.47 Å². The summed E-state index contributed by atoms with van der Waals surface area (Å²) in [5.41, 5.74) is 1.18. The van der Waals surface area contributed by atoms with Crippen LogP contribution in [0.1, 0.15) is 21.8 Å². The molecule has 0 saturated heterocycles. The van der Waals surface area contributed by atoms with E-state index >= 15 is 0 Å². The van der Waals surface area contributed by atoms with E-state index < -0.39 is 0 Å². The van der Waals surface area contributed by atoms with Crippen molar-refractivity contribution < 1.29 is 9.32 Å². The molecule has 1 aromatic carbocycles. The highest BCUT2D eigenvalue weighted by atomic mass is 79.9. The Morgan fingerprint density at radius 3 is 2.83 bits per heavy atom. The molecule has 1 N–H and O–H groups in total. The molecule has 2 rings (SSSR count). The Bertz CT molecular complexity index is 563. The Kier molecular flexibility index (Phi) is 4.04. The van der Waals surface area contributed by atoms with E-state index in [9.17, 15) is 4.79 Å². The highest BCUT2D eigenvalue weighted by Crippen LogP contribution is 2.19. The second-order valence-electron chi connectivity index (χ2n) is 3.77. The van der Waals surface area contributed by atoms with Crippen molar-refractivity contribution in [3.63, 3.8) is 0 Å². The SMILES string of the molecule is Cc1cc(CNC(=O)c2cc(Cl)cc(Br)c2)no1. The molecule has 1 amide bonds. The summed E-state index contributed by atoms with van der Waals surface area (Å²) in [5, 5.41) is 7.04. The molecule has 0 atom stereocenters. The third kappa shape index (κ3) is 3.34. The first-order valence-electron chi connectivity index (χ1n) is 5.21. The fourth-order valence-corrected chi connectivity index (χ4v) is 2.32. The van der Waals surface area contributed by atoms with Crippen molar-refractivity contribution in [3.8, 4) is 0 Å². The average Bonchev–Trinajstić information content (AvgIpc) is 2.70. The zero-order valence-corrected chi connectivity index (χ0v) is 11.9. The van der Waals surface area contributed by atoms with Gasteiger partial charge in [-0.25, -0.2) is 0 Å². The summed E-state index contributed by atoms with van der Waals surface area (Å²) < 4.78 is 5.67. The van der Waals surface area contributed by atoms with Gasteiger partial charge in [0.05, 0.1) is 6.54 Å². The summed E-state index contributed by atoms with van der Waals surface area (Å²) in [4.78, 5) is 11.9. The monoisotopic (exact) mass is 328 g/mol. The first-order chi connectivity index (χ1) is 8.54. The Morgan fingerprint density at radius 2 is 2.22 bits per heavy atom. The lowest BCUT2D eigenvalue weighted by Crippen LogP contribution is -2.22. The highest BCUT2D eigenvalue weighted by Gasteiger charge is 2.08. The number of carbonyl (C=O) groups is 1. The van der Waals surface area contributed by atoms with E-state index in [4.69, 9.17) is 16.1 Å². The van der Waals surface area contributed by atoms with Crippen LogP contribution in [0.4, 0.5) is 0 Å². The molecule has 94 valence electrons. The van der Waals surface area contributed by atoms with E-state index in [0.29, 0.717) is 28.6 Å². The minimum atomic E-state index is -0.209. The Labute approximate surface area is 117 Å². The standard InChI is InChI=1S/C12H10BrClN2O2/c1-7-2-11(16-18-7)6-15-12(17)8-3-9(13)5-10(14)4-8/h2-5H,6H2,1H3,(H,15,17). The van der Waals surface area contributed by atoms with Crippen LogP contribution in [0.5, 0.6) is 0 Å². The van der Waals surface area contributed by atoms with Crippen LogP contribution in [0.15, 0.2) is 33.3 Å². The maximum Gasteiger partial charge on any atom is 0.251 e. The van der Waals surface area contributed by atoms with Gasteiger partial charge in [0.1, 0.15) is 11.5 Å². The zero-order chi connectivity index (χ0) is 13.1. The summed E-state index contributed by atoms with van der Waals surface area (Å²) in [7, 11) is 0. The fourth-order valence-electron chi connectivity index (χ4n) is 1.46. The highest BCUT2D eigenvalue weighted by molar-refractivity contribution is 9.10. The Hall–Kier alpha value is -1.33. The molecule has 0 aliphatic rings. The van der Waals surface area contributed by atoms with Gasteiger partial charge in [0.25, 0.3) is 5.91 Å². The molecule has 4 nitrogen and oxygen atoms in total. The quantitative estimate of drug-likeness (QED) is 0.939. The van der Waals surface area contributed by atoms with Crippen molar-refractivity contribution in [2.45, 2.75) is 13.5 Å². The minimum Gasteiger partial charge on any atom is -0.361 e. The molecule has 0 spiro atoms. The number of hydrogen-bond acceptors (Lipinski definition) is 3. The van der Waals surface area contributed by atoms with Gasteiger partial charge in [0.2, 0.25) is 0 Å². The second kappa shape index (κ2) is 5.54. The van der Waals surface area contributed by atoms with Crippen LogP contribution in [-0.2, 0) is 6.54 Å². The number of nitrogens with one attached hydrogen (secondary N) is 1. The lowest BCUT2D eigenvalue weighted by Gasteiger charge is -2.04. The first kappa shape index (κ1) is 13.1. The molecule has 1 aromatic heterocycles. The molecule has 6 heteroatoms. The van der Waals surface area contributed by atoms with Crippen molar-refractivity contribution in [1.29, 1.82) is 0 Å². The number of rotatable bonds is 3. The number of benzene rings is 1. The number of halogens is 2. The van der Waals surface area contributed by atoms with E-state index in [-0.39, 0.29) is 5.91 Å². The molecule has 0 aliphatic heterocycles. The Balaban J connectivity index is 2.03. The normalized spacial score (nSPS) is 10.4. The fraction of sp³-hybridized carbons (Fsp3) is 0.167. The van der Waals surface area contributed by atoms with E-state index in [1.54, 1.807) is 31.2 Å². The molecule has 0 fully saturated rings. The zero-order valence-electron chi connectivity index (χ0n) is 9.54. The first-order valence-corrected chi connectivity index (χ1v) is 6.38. The van der Waals surface area contributed by atoms with Crippen LogP contribution in [0.3, 0.4) is 0 Å². The molecule has 0 saturated carbocycles. The number of aryl methyl sites for hydroxylation is 1. The third-order valence-corrected chi connectivity index (χ3v) is 2.91. The van der Waals surface area contributed by atoms with Gasteiger partial charge in [-0.15, -0.1) is 0 Å². The molecule has 18 heavy (non-hydrogen) atoms. The molecule has 0 bridgehead atoms. The van der Waals surface area contributed by atoms with E-state index in [1.807, 2.05) is 0 Å². The van der Waals surface area contributed by atoms with Crippen molar-refractivity contribution in [2.24, 2.45) is 0 Å². The van der Waals surface area contributed by atoms with Gasteiger partial charge in [-0.3, -0.25) is 4.79 Å². The van der Waals surface area contributed by atoms with Gasteiger partial charge >= 0.3 is 0 Å². The number of carbonyl (C=O) groups excluding carboxylic acids is 1. The molecular weight excluding hydrogens is 320 g/mol. The van der Waals surface area contributed by atoms with Gasteiger partial charge < -0.3 is 9.84 Å². The van der Waals surface area contributed by atoms with Gasteiger partial charge in [0, 0.05) is 21.1 Å². The molecule has 2 aromatic rings. The van der Waals surface area contributed by atoms with Crippen molar-refractivity contribution in [1.82, 2.24) is 10.5 Å². The molecule has 0 unspecified atom stereocenters. The summed E-state index contributed by atoms with van der Waals surface area (Å²) in [5.74, 6) is 0.503. The summed E-state index contributed by atoms with van der Waals surface area (Å²) >= 11 is 9.17. The van der Waals surface area contributed by atoms with E-state index in [2.05, 4.69) is 26.4 Å². The lowest BCUT2D eigenvalue weighted by atomic mass is 10.2. The maximum atomic E-state index is 11.9. The van der Waals surface area contributed by atoms with Gasteiger partial charge in [0.15, 0.2) is 0 Å². The van der Waals surface area contributed by atoms with Crippen molar-refractivity contribution >= 4 is 33.4 Å². The second-order valence-corrected chi connectivity index (χ2v) is 5.12. The molecular formula is C12H10BrClN2O2. The number of aromatic nitrogens is 1. The molecule has 1 heterocycles. The van der Waals surface area contributed by atoms with Crippen LogP contribution in [0.25, 0.3) is 0 Å². The topological polar surface area (TPSA) is 55.1 Å². The van der Waals surface area contributed by atoms with E-state index in [1.165, 1.54) is 0 Å². The molecule has 0 radical (unpaired) electrons. The summed E-state index contributed by atoms with van der Waals surface area (Å²) in [6, 6.07) is 6.80. The van der Waals surface area contributed by atoms with Gasteiger partial charge in [-0.2, -0.15) is 0 Å². The summed E-state index contributed by atoms with van der Waals surface area (Å²) in [6.45, 7) is 2.12. The van der Waals surface area contributed by atoms with Crippen molar-refractivity contribution in [2.75, 3.05) is 0 Å². The Morgan fingerprint density at radius 1 is 1.44 bits per heavy atom. The number of nitrogens with zero attached hydrogens (tertiary/aromatic N) is 1. The maximum absolute atomic E-state index is 11.9. The third-order valence-electron chi connectivity index (χ3n) is 2.23. The summed E-state index contributed by atoms with van der Waals surface area (Å²) in [6.07, 6.45) is 0. The largest absolute Gasteiger partial charge is 0.361 e. The van der Waals surface area contributed by atoms with Gasteiger partial charge in [-0.1, -0.05) is 32.7 Å². The van der Waals surface area contributed by atoms with Crippen LogP contribution in [0, 0.1) is 6.92 Å². The van der Waals surface area contributed by atoms with Crippen LogP contribution in [0.2, 0.25) is 5.02 Å². The number of hydrogen-bond donors (Lipinski definition) is 1. The van der Waals surface area contributed by atoms with Gasteiger partial charge in [-0.05, 0) is 25.1 Å². The minimum absolute atomic E-state index is 0.209. The van der Waals surface area contributed by atoms with Crippen LogP contribution < -0.4 is 5.32 Å². The van der Waals surface area contributed by atoms with Crippen LogP contribution in [-0.4, -0.2) is 11.1 Å². The van der Waals surface area contributed by atoms with Crippen molar-refractivity contribution in [3.05, 3.63) is 50.8 Å². The average molecular weight is 330 g/mol. The number of amides is 1. The molecule has 0 aliphatic carbocycles. The predicted octanol–water partition coefficient (Wildman–Crippen LogP) is 3.33. The van der Waals surface area contributed by atoms with Crippen LogP contribution >= 0.6 is 27.5 Å². The lowest BCUT2D eigenvalue weighted by molar-refractivity contribution is 0.0950. The predicted molar refractivity (Wildman–Crippen MR) is 71.6 cm³/mol. The smallest absolute Gasteiger partial charge is 0.251 e.